The Morgan fingerprint density at radius 2 is 1.69 bits per heavy atom. The Morgan fingerprint density at radius 1 is 1.03 bits per heavy atom. The average Bonchev–Trinajstić information content (AvgIpc) is 2.67. The van der Waals surface area contributed by atoms with E-state index in [1.54, 1.807) is 12.1 Å². The number of hydrogen-bond donors (Lipinski definition) is 3. The lowest BCUT2D eigenvalue weighted by Gasteiger charge is -2.28. The molecule has 0 aliphatic heterocycles. The van der Waals surface area contributed by atoms with Gasteiger partial charge in [-0.2, -0.15) is 0 Å². The molecule has 0 fully saturated rings. The molecule has 0 aromatic heterocycles. The quantitative estimate of drug-likeness (QED) is 0.326. The number of nitrogens with one attached hydrogen (secondary N) is 3. The normalized spacial score (nSPS) is 11.9. The fourth-order valence-corrected chi connectivity index (χ4v) is 2.95. The van der Waals surface area contributed by atoms with Crippen LogP contribution in [0.4, 0.5) is 5.69 Å². The van der Waals surface area contributed by atoms with E-state index >= 15 is 0 Å². The first-order valence-electron chi connectivity index (χ1n) is 8.38. The highest BCUT2D eigenvalue weighted by molar-refractivity contribution is 7.80. The zero-order valence-corrected chi connectivity index (χ0v) is 19.0. The van der Waals surface area contributed by atoms with Crippen LogP contribution in [0.15, 0.2) is 42.5 Å². The van der Waals surface area contributed by atoms with Gasteiger partial charge in [-0.25, -0.2) is 0 Å². The number of methoxy groups -OCH3 is 2. The molecule has 156 valence electrons. The number of carbonyl (C=O) groups excluding carboxylic acids is 1. The molecule has 3 N–H and O–H groups in total. The summed E-state index contributed by atoms with van der Waals surface area (Å²) in [6, 6.07) is 12.2. The highest BCUT2D eigenvalue weighted by Crippen LogP contribution is 2.30. The number of carbonyl (C=O) groups is 1. The van der Waals surface area contributed by atoms with E-state index in [4.69, 9.17) is 56.5 Å². The SMILES string of the molecule is COc1ccc(C(=O)NC(NC(=S)Nc2ccccc2C)C(Cl)(Cl)Cl)cc1OC. The van der Waals surface area contributed by atoms with Crippen molar-refractivity contribution in [3.05, 3.63) is 53.6 Å². The summed E-state index contributed by atoms with van der Waals surface area (Å²) in [4.78, 5) is 12.7. The van der Waals surface area contributed by atoms with E-state index in [0.29, 0.717) is 17.1 Å². The van der Waals surface area contributed by atoms with Crippen LogP contribution in [0.2, 0.25) is 0 Å². The van der Waals surface area contributed by atoms with Gasteiger partial charge in [0.1, 0.15) is 6.17 Å². The summed E-state index contributed by atoms with van der Waals surface area (Å²) in [6.07, 6.45) is -1.10. The molecule has 2 aromatic rings. The number of thiocarbonyl (C=S) groups is 1. The van der Waals surface area contributed by atoms with Gasteiger partial charge in [-0.1, -0.05) is 53.0 Å². The number of aryl methyl sites for hydroxylation is 1. The van der Waals surface area contributed by atoms with Gasteiger partial charge < -0.3 is 25.4 Å². The zero-order valence-electron chi connectivity index (χ0n) is 15.9. The first-order valence-corrected chi connectivity index (χ1v) is 9.92. The monoisotopic (exact) mass is 475 g/mol. The Bertz CT molecular complexity index is 890. The standard InChI is InChI=1S/C19H20Cl3N3O3S/c1-11-6-4-5-7-13(11)23-18(29)25-17(19(20,21)22)24-16(26)12-8-9-14(27-2)15(10-12)28-3/h4-10,17H,1-3H3,(H,24,26)(H2,23,25,29). The van der Waals surface area contributed by atoms with E-state index < -0.39 is 15.9 Å². The van der Waals surface area contributed by atoms with Gasteiger partial charge >= 0.3 is 0 Å². The second-order valence-electron chi connectivity index (χ2n) is 5.93. The van der Waals surface area contributed by atoms with E-state index in [2.05, 4.69) is 16.0 Å². The van der Waals surface area contributed by atoms with Crippen molar-refractivity contribution in [2.75, 3.05) is 19.5 Å². The van der Waals surface area contributed by atoms with E-state index in [9.17, 15) is 4.79 Å². The third kappa shape index (κ3) is 6.54. The van der Waals surface area contributed by atoms with Gasteiger partial charge in [0.25, 0.3) is 5.91 Å². The van der Waals surface area contributed by atoms with Crippen LogP contribution in [0, 0.1) is 6.92 Å². The van der Waals surface area contributed by atoms with Crippen molar-refractivity contribution in [1.82, 2.24) is 10.6 Å². The molecule has 0 radical (unpaired) electrons. The molecule has 0 heterocycles. The van der Waals surface area contributed by atoms with Crippen molar-refractivity contribution in [3.63, 3.8) is 0 Å². The summed E-state index contributed by atoms with van der Waals surface area (Å²) < 4.78 is 8.51. The van der Waals surface area contributed by atoms with Crippen molar-refractivity contribution >= 4 is 63.7 Å². The fraction of sp³-hybridized carbons (Fsp3) is 0.263. The molecular weight excluding hydrogens is 457 g/mol. The molecule has 0 bridgehead atoms. The highest BCUT2D eigenvalue weighted by atomic mass is 35.6. The summed E-state index contributed by atoms with van der Waals surface area (Å²) in [7, 11) is 2.98. The van der Waals surface area contributed by atoms with Gasteiger partial charge in [0, 0.05) is 11.3 Å². The van der Waals surface area contributed by atoms with E-state index in [0.717, 1.165) is 11.3 Å². The van der Waals surface area contributed by atoms with Gasteiger partial charge in [-0.15, -0.1) is 0 Å². The maximum absolute atomic E-state index is 12.7. The number of anilines is 1. The van der Waals surface area contributed by atoms with Crippen LogP contribution in [-0.4, -0.2) is 35.2 Å². The van der Waals surface area contributed by atoms with E-state index in [-0.39, 0.29) is 5.11 Å². The molecule has 2 rings (SSSR count). The summed E-state index contributed by atoms with van der Waals surface area (Å²) in [5.74, 6) is 0.396. The maximum Gasteiger partial charge on any atom is 0.253 e. The Kier molecular flexibility index (Phi) is 8.22. The van der Waals surface area contributed by atoms with Crippen molar-refractivity contribution in [2.45, 2.75) is 16.9 Å². The Morgan fingerprint density at radius 3 is 2.28 bits per heavy atom. The number of alkyl halides is 3. The van der Waals surface area contributed by atoms with Crippen LogP contribution in [-0.2, 0) is 0 Å². The largest absolute Gasteiger partial charge is 0.493 e. The van der Waals surface area contributed by atoms with Crippen LogP contribution in [0.5, 0.6) is 11.5 Å². The third-order valence-corrected chi connectivity index (χ3v) is 4.79. The van der Waals surface area contributed by atoms with Crippen molar-refractivity contribution in [1.29, 1.82) is 0 Å². The highest BCUT2D eigenvalue weighted by Gasteiger charge is 2.35. The number of halogens is 3. The summed E-state index contributed by atoms with van der Waals surface area (Å²) in [6.45, 7) is 1.93. The summed E-state index contributed by atoms with van der Waals surface area (Å²) >= 11 is 23.4. The number of amides is 1. The number of para-hydroxylation sites is 1. The lowest BCUT2D eigenvalue weighted by Crippen LogP contribution is -2.56. The second kappa shape index (κ2) is 10.2. The van der Waals surface area contributed by atoms with Gasteiger partial charge in [-0.05, 0) is 49.0 Å². The minimum Gasteiger partial charge on any atom is -0.493 e. The smallest absolute Gasteiger partial charge is 0.253 e. The van der Waals surface area contributed by atoms with E-state index in [1.165, 1.54) is 20.3 Å². The number of benzene rings is 2. The molecule has 1 atom stereocenters. The molecule has 0 aliphatic carbocycles. The van der Waals surface area contributed by atoms with Gasteiger partial charge in [0.15, 0.2) is 16.6 Å². The second-order valence-corrected chi connectivity index (χ2v) is 8.71. The number of rotatable bonds is 6. The Balaban J connectivity index is 2.13. The topological polar surface area (TPSA) is 71.6 Å². The van der Waals surface area contributed by atoms with Crippen LogP contribution < -0.4 is 25.4 Å². The average molecular weight is 477 g/mol. The first kappa shape index (κ1) is 23.3. The van der Waals surface area contributed by atoms with Crippen LogP contribution in [0.3, 0.4) is 0 Å². The molecule has 0 spiro atoms. The van der Waals surface area contributed by atoms with Crippen molar-refractivity contribution in [2.24, 2.45) is 0 Å². The molecule has 0 saturated carbocycles. The number of ether oxygens (including phenoxy) is 2. The number of hydrogen-bond acceptors (Lipinski definition) is 4. The predicted octanol–water partition coefficient (Wildman–Crippen LogP) is 4.42. The van der Waals surface area contributed by atoms with Gasteiger partial charge in [0.2, 0.25) is 3.79 Å². The molecule has 0 saturated heterocycles. The molecule has 1 unspecified atom stereocenters. The van der Waals surface area contributed by atoms with Gasteiger partial charge in [-0.3, -0.25) is 4.79 Å². The molecule has 10 heteroatoms. The Hall–Kier alpha value is -1.93. The van der Waals surface area contributed by atoms with Crippen LogP contribution in [0.1, 0.15) is 15.9 Å². The predicted molar refractivity (Wildman–Crippen MR) is 122 cm³/mol. The minimum absolute atomic E-state index is 0.184. The molecular formula is C19H20Cl3N3O3S. The molecule has 29 heavy (non-hydrogen) atoms. The van der Waals surface area contributed by atoms with Crippen molar-refractivity contribution in [3.8, 4) is 11.5 Å². The Labute approximate surface area is 189 Å². The van der Waals surface area contributed by atoms with E-state index in [1.807, 2.05) is 31.2 Å². The lowest BCUT2D eigenvalue weighted by molar-refractivity contribution is 0.0934. The maximum atomic E-state index is 12.7. The minimum atomic E-state index is -1.87. The first-order chi connectivity index (χ1) is 13.7. The van der Waals surface area contributed by atoms with Crippen LogP contribution in [0.25, 0.3) is 0 Å². The third-order valence-electron chi connectivity index (χ3n) is 3.92. The van der Waals surface area contributed by atoms with Crippen molar-refractivity contribution < 1.29 is 14.3 Å². The molecule has 1 amide bonds. The van der Waals surface area contributed by atoms with Gasteiger partial charge in [0.05, 0.1) is 14.2 Å². The molecule has 2 aromatic carbocycles. The zero-order chi connectivity index (χ0) is 21.6. The lowest BCUT2D eigenvalue weighted by atomic mass is 10.2. The molecule has 6 nitrogen and oxygen atoms in total. The fourth-order valence-electron chi connectivity index (χ4n) is 2.39. The van der Waals surface area contributed by atoms with Crippen LogP contribution >= 0.6 is 47.0 Å². The summed E-state index contributed by atoms with van der Waals surface area (Å²) in [5, 5.41) is 8.64. The molecule has 0 aliphatic rings. The summed E-state index contributed by atoms with van der Waals surface area (Å²) in [5.41, 5.74) is 2.07.